The standard InChI is InChI=1S/C14H21FN2O2S/c1-12(17-9-5-2-6-10-17)11-16-20(18,19)14-8-4-3-7-13(14)15/h3-4,7-8,12,16H,2,5-6,9-11H2,1H3. The highest BCUT2D eigenvalue weighted by molar-refractivity contribution is 7.89. The van der Waals surface area contributed by atoms with Gasteiger partial charge in [0.1, 0.15) is 10.7 Å². The minimum absolute atomic E-state index is 0.122. The van der Waals surface area contributed by atoms with Crippen molar-refractivity contribution in [2.45, 2.75) is 37.1 Å². The van der Waals surface area contributed by atoms with Crippen molar-refractivity contribution in [2.75, 3.05) is 19.6 Å². The zero-order valence-electron chi connectivity index (χ0n) is 11.7. The number of piperidine rings is 1. The molecule has 20 heavy (non-hydrogen) atoms. The lowest BCUT2D eigenvalue weighted by atomic mass is 10.1. The van der Waals surface area contributed by atoms with E-state index in [-0.39, 0.29) is 10.9 Å². The summed E-state index contributed by atoms with van der Waals surface area (Å²) in [6.07, 6.45) is 3.55. The van der Waals surface area contributed by atoms with Gasteiger partial charge in [-0.15, -0.1) is 0 Å². The number of hydrogen-bond acceptors (Lipinski definition) is 3. The van der Waals surface area contributed by atoms with Crippen LogP contribution in [0.3, 0.4) is 0 Å². The Labute approximate surface area is 120 Å². The van der Waals surface area contributed by atoms with E-state index in [0.29, 0.717) is 6.54 Å². The molecule has 1 aromatic carbocycles. The van der Waals surface area contributed by atoms with Gasteiger partial charge in [-0.2, -0.15) is 0 Å². The molecule has 1 aliphatic heterocycles. The fourth-order valence-corrected chi connectivity index (χ4v) is 3.66. The predicted octanol–water partition coefficient (Wildman–Crippen LogP) is 1.98. The second kappa shape index (κ2) is 6.65. The lowest BCUT2D eigenvalue weighted by Gasteiger charge is -2.32. The van der Waals surface area contributed by atoms with E-state index in [4.69, 9.17) is 0 Å². The average molecular weight is 300 g/mol. The van der Waals surface area contributed by atoms with Crippen molar-refractivity contribution in [2.24, 2.45) is 0 Å². The Hall–Kier alpha value is -0.980. The highest BCUT2D eigenvalue weighted by Gasteiger charge is 2.22. The van der Waals surface area contributed by atoms with Gasteiger partial charge < -0.3 is 0 Å². The predicted molar refractivity (Wildman–Crippen MR) is 76.5 cm³/mol. The number of sulfonamides is 1. The molecule has 0 spiro atoms. The van der Waals surface area contributed by atoms with Crippen LogP contribution in [0.15, 0.2) is 29.2 Å². The normalized spacial score (nSPS) is 18.9. The summed E-state index contributed by atoms with van der Waals surface area (Å²) in [5, 5.41) is 0. The molecule has 112 valence electrons. The first kappa shape index (κ1) is 15.4. The summed E-state index contributed by atoms with van der Waals surface area (Å²) < 4.78 is 40.2. The summed E-state index contributed by atoms with van der Waals surface area (Å²) in [5.41, 5.74) is 0. The van der Waals surface area contributed by atoms with E-state index in [9.17, 15) is 12.8 Å². The largest absolute Gasteiger partial charge is 0.299 e. The maximum absolute atomic E-state index is 13.5. The van der Waals surface area contributed by atoms with Crippen molar-refractivity contribution < 1.29 is 12.8 Å². The van der Waals surface area contributed by atoms with E-state index in [1.165, 1.54) is 24.6 Å². The molecule has 2 rings (SSSR count). The monoisotopic (exact) mass is 300 g/mol. The topological polar surface area (TPSA) is 49.4 Å². The van der Waals surface area contributed by atoms with E-state index in [1.54, 1.807) is 0 Å². The fraction of sp³-hybridized carbons (Fsp3) is 0.571. The third kappa shape index (κ3) is 3.77. The molecule has 0 bridgehead atoms. The van der Waals surface area contributed by atoms with E-state index >= 15 is 0 Å². The van der Waals surface area contributed by atoms with Crippen LogP contribution in [-0.2, 0) is 10.0 Å². The molecule has 0 radical (unpaired) electrons. The smallest absolute Gasteiger partial charge is 0.243 e. The number of rotatable bonds is 5. The van der Waals surface area contributed by atoms with Gasteiger partial charge in [-0.25, -0.2) is 17.5 Å². The molecule has 1 heterocycles. The number of benzene rings is 1. The Morgan fingerprint density at radius 1 is 1.25 bits per heavy atom. The van der Waals surface area contributed by atoms with Crippen LogP contribution < -0.4 is 4.72 Å². The van der Waals surface area contributed by atoms with Crippen molar-refractivity contribution in [3.63, 3.8) is 0 Å². The van der Waals surface area contributed by atoms with Crippen LogP contribution in [0, 0.1) is 5.82 Å². The molecule has 0 amide bonds. The molecule has 1 aromatic rings. The first-order valence-corrected chi connectivity index (χ1v) is 8.47. The molecule has 0 aromatic heterocycles. The number of hydrogen-bond donors (Lipinski definition) is 1. The Balaban J connectivity index is 1.97. The van der Waals surface area contributed by atoms with Gasteiger partial charge in [0.2, 0.25) is 10.0 Å². The summed E-state index contributed by atoms with van der Waals surface area (Å²) in [7, 11) is -3.78. The summed E-state index contributed by atoms with van der Waals surface area (Å²) in [5.74, 6) is -0.717. The SMILES string of the molecule is CC(CNS(=O)(=O)c1ccccc1F)N1CCCCC1. The molecule has 1 unspecified atom stereocenters. The van der Waals surface area contributed by atoms with Crippen LogP contribution in [0.25, 0.3) is 0 Å². The van der Waals surface area contributed by atoms with Gasteiger partial charge >= 0.3 is 0 Å². The van der Waals surface area contributed by atoms with Crippen molar-refractivity contribution >= 4 is 10.0 Å². The highest BCUT2D eigenvalue weighted by Crippen LogP contribution is 2.15. The molecule has 1 fully saturated rings. The minimum Gasteiger partial charge on any atom is -0.299 e. The second-order valence-electron chi connectivity index (χ2n) is 5.23. The number of nitrogens with one attached hydrogen (secondary N) is 1. The quantitative estimate of drug-likeness (QED) is 0.904. The van der Waals surface area contributed by atoms with Gasteiger partial charge in [-0.05, 0) is 45.0 Å². The van der Waals surface area contributed by atoms with Crippen LogP contribution >= 0.6 is 0 Å². The van der Waals surface area contributed by atoms with Gasteiger partial charge in [-0.1, -0.05) is 18.6 Å². The van der Waals surface area contributed by atoms with E-state index in [2.05, 4.69) is 9.62 Å². The Morgan fingerprint density at radius 2 is 1.90 bits per heavy atom. The van der Waals surface area contributed by atoms with Gasteiger partial charge in [0.15, 0.2) is 0 Å². The molecular weight excluding hydrogens is 279 g/mol. The average Bonchev–Trinajstić information content (AvgIpc) is 2.46. The summed E-state index contributed by atoms with van der Waals surface area (Å²) >= 11 is 0. The molecule has 1 N–H and O–H groups in total. The van der Waals surface area contributed by atoms with Crippen LogP contribution in [0.1, 0.15) is 26.2 Å². The van der Waals surface area contributed by atoms with Gasteiger partial charge in [0.25, 0.3) is 0 Å². The second-order valence-corrected chi connectivity index (χ2v) is 6.96. The summed E-state index contributed by atoms with van der Waals surface area (Å²) in [6.45, 7) is 4.30. The summed E-state index contributed by atoms with van der Waals surface area (Å²) in [4.78, 5) is 1.98. The van der Waals surface area contributed by atoms with Crippen LogP contribution in [0.5, 0.6) is 0 Å². The van der Waals surface area contributed by atoms with E-state index < -0.39 is 15.8 Å². The third-order valence-corrected chi connectivity index (χ3v) is 5.17. The molecule has 0 saturated carbocycles. The van der Waals surface area contributed by atoms with Crippen LogP contribution in [0.4, 0.5) is 4.39 Å². The van der Waals surface area contributed by atoms with Gasteiger partial charge in [-0.3, -0.25) is 4.90 Å². The molecule has 6 heteroatoms. The van der Waals surface area contributed by atoms with Crippen molar-refractivity contribution in [3.8, 4) is 0 Å². The number of halogens is 1. The summed E-state index contributed by atoms with van der Waals surface area (Å²) in [6, 6.07) is 5.55. The fourth-order valence-electron chi connectivity index (χ4n) is 2.46. The Morgan fingerprint density at radius 3 is 2.55 bits per heavy atom. The van der Waals surface area contributed by atoms with Crippen LogP contribution in [0.2, 0.25) is 0 Å². The van der Waals surface area contributed by atoms with Gasteiger partial charge in [0.05, 0.1) is 0 Å². The molecule has 1 saturated heterocycles. The molecule has 4 nitrogen and oxygen atoms in total. The minimum atomic E-state index is -3.78. The zero-order valence-corrected chi connectivity index (χ0v) is 12.5. The van der Waals surface area contributed by atoms with Gasteiger partial charge in [0, 0.05) is 12.6 Å². The van der Waals surface area contributed by atoms with Crippen molar-refractivity contribution in [1.29, 1.82) is 0 Å². The molecule has 0 aliphatic carbocycles. The van der Waals surface area contributed by atoms with Crippen molar-refractivity contribution in [3.05, 3.63) is 30.1 Å². The van der Waals surface area contributed by atoms with Crippen LogP contribution in [-0.4, -0.2) is 39.0 Å². The Kier molecular flexibility index (Phi) is 5.12. The first-order chi connectivity index (χ1) is 9.50. The highest BCUT2D eigenvalue weighted by atomic mass is 32.2. The van der Waals surface area contributed by atoms with Crippen molar-refractivity contribution in [1.82, 2.24) is 9.62 Å². The molecule has 1 atom stereocenters. The maximum atomic E-state index is 13.5. The number of nitrogens with zero attached hydrogens (tertiary/aromatic N) is 1. The van der Waals surface area contributed by atoms with E-state index in [0.717, 1.165) is 32.0 Å². The first-order valence-electron chi connectivity index (χ1n) is 6.99. The third-order valence-electron chi connectivity index (χ3n) is 3.71. The maximum Gasteiger partial charge on any atom is 0.243 e. The lowest BCUT2D eigenvalue weighted by molar-refractivity contribution is 0.175. The molecule has 1 aliphatic rings. The van der Waals surface area contributed by atoms with E-state index in [1.807, 2.05) is 6.92 Å². The molecular formula is C14H21FN2O2S. The number of likely N-dealkylation sites (tertiary alicyclic amines) is 1. The lowest BCUT2D eigenvalue weighted by Crippen LogP contribution is -2.44. The zero-order chi connectivity index (χ0) is 14.6. The Bertz CT molecular complexity index is 542.